The highest BCUT2D eigenvalue weighted by atomic mass is 19.3. The van der Waals surface area contributed by atoms with Crippen molar-refractivity contribution in [3.05, 3.63) is 52.6 Å². The maximum Gasteiger partial charge on any atom is 0.266 e. The molecule has 0 aliphatic heterocycles. The van der Waals surface area contributed by atoms with Crippen LogP contribution in [0, 0.1) is 12.7 Å². The second-order valence-corrected chi connectivity index (χ2v) is 7.14. The van der Waals surface area contributed by atoms with Gasteiger partial charge in [-0.3, -0.25) is 4.79 Å². The van der Waals surface area contributed by atoms with Crippen molar-refractivity contribution in [3.63, 3.8) is 0 Å². The summed E-state index contributed by atoms with van der Waals surface area (Å²) < 4.78 is 40.7. The molecule has 0 aliphatic rings. The van der Waals surface area contributed by atoms with Gasteiger partial charge in [0.25, 0.3) is 12.3 Å². The third-order valence-corrected chi connectivity index (χ3v) is 4.69. The monoisotopic (exact) mass is 433 g/mol. The lowest BCUT2D eigenvalue weighted by molar-refractivity contribution is 0.0828. The van der Waals surface area contributed by atoms with E-state index in [2.05, 4.69) is 25.7 Å². The van der Waals surface area contributed by atoms with Crippen LogP contribution in [0.25, 0.3) is 11.0 Å². The number of amides is 1. The van der Waals surface area contributed by atoms with Gasteiger partial charge in [0.05, 0.1) is 22.6 Å². The standard InChI is InChI=1S/C20H22F3N7O/c1-9(11-6-5-7-12(15(11)21)16(22)23)25-17-13-8-14(20(31)30(3)4)19(29-24)28-18(13)27-10(2)26-17/h5-9,16H,24H2,1-4H3,(H2,25,26,27,28,29)/t9-/m1/s1. The minimum Gasteiger partial charge on any atom is -0.363 e. The summed E-state index contributed by atoms with van der Waals surface area (Å²) >= 11 is 0. The molecule has 1 aromatic carbocycles. The molecule has 164 valence electrons. The Hall–Kier alpha value is -3.47. The molecule has 0 radical (unpaired) electrons. The summed E-state index contributed by atoms with van der Waals surface area (Å²) in [4.78, 5) is 26.8. The Labute approximate surface area is 176 Å². The van der Waals surface area contributed by atoms with Crippen LogP contribution in [0.2, 0.25) is 0 Å². The average molecular weight is 433 g/mol. The van der Waals surface area contributed by atoms with Crippen molar-refractivity contribution in [1.82, 2.24) is 19.9 Å². The highest BCUT2D eigenvalue weighted by molar-refractivity contribution is 6.03. The summed E-state index contributed by atoms with van der Waals surface area (Å²) in [5.74, 6) is 4.97. The number of nitrogens with one attached hydrogen (secondary N) is 2. The molecule has 11 heteroatoms. The predicted octanol–water partition coefficient (Wildman–Crippen LogP) is 3.57. The smallest absolute Gasteiger partial charge is 0.266 e. The number of anilines is 2. The van der Waals surface area contributed by atoms with E-state index in [-0.39, 0.29) is 34.3 Å². The number of aromatic nitrogens is 3. The van der Waals surface area contributed by atoms with Crippen LogP contribution in [0.5, 0.6) is 0 Å². The first-order valence-corrected chi connectivity index (χ1v) is 9.34. The molecule has 31 heavy (non-hydrogen) atoms. The van der Waals surface area contributed by atoms with Crippen molar-refractivity contribution in [2.24, 2.45) is 5.84 Å². The molecule has 8 nitrogen and oxygen atoms in total. The third-order valence-electron chi connectivity index (χ3n) is 4.69. The van der Waals surface area contributed by atoms with E-state index in [1.807, 2.05) is 0 Å². The van der Waals surface area contributed by atoms with Crippen molar-refractivity contribution in [3.8, 4) is 0 Å². The number of nitrogens with zero attached hydrogens (tertiary/aromatic N) is 4. The first-order chi connectivity index (χ1) is 14.6. The van der Waals surface area contributed by atoms with Gasteiger partial charge in [-0.05, 0) is 19.9 Å². The topological polar surface area (TPSA) is 109 Å². The molecule has 2 aromatic heterocycles. The summed E-state index contributed by atoms with van der Waals surface area (Å²) in [6.45, 7) is 3.26. The van der Waals surface area contributed by atoms with Crippen molar-refractivity contribution in [2.45, 2.75) is 26.3 Å². The van der Waals surface area contributed by atoms with Crippen molar-refractivity contribution >= 4 is 28.6 Å². The second-order valence-electron chi connectivity index (χ2n) is 7.14. The van der Waals surface area contributed by atoms with E-state index >= 15 is 0 Å². The Morgan fingerprint density at radius 1 is 1.13 bits per heavy atom. The first kappa shape index (κ1) is 22.2. The predicted molar refractivity (Wildman–Crippen MR) is 111 cm³/mol. The number of nitrogens with two attached hydrogens (primary N) is 1. The molecule has 4 N–H and O–H groups in total. The highest BCUT2D eigenvalue weighted by Gasteiger charge is 2.22. The van der Waals surface area contributed by atoms with Crippen molar-refractivity contribution in [1.29, 1.82) is 0 Å². The molecular formula is C20H22F3N7O. The zero-order valence-corrected chi connectivity index (χ0v) is 17.4. The van der Waals surface area contributed by atoms with E-state index in [9.17, 15) is 18.0 Å². The number of fused-ring (bicyclic) bond motifs is 1. The van der Waals surface area contributed by atoms with Crippen molar-refractivity contribution < 1.29 is 18.0 Å². The number of hydrazine groups is 1. The number of aryl methyl sites for hydroxylation is 1. The maximum atomic E-state index is 14.6. The lowest BCUT2D eigenvalue weighted by atomic mass is 10.0. The molecule has 0 unspecified atom stereocenters. The quantitative estimate of drug-likeness (QED) is 0.403. The molecule has 0 spiro atoms. The van der Waals surface area contributed by atoms with Crippen LogP contribution < -0.4 is 16.6 Å². The highest BCUT2D eigenvalue weighted by Crippen LogP contribution is 2.31. The van der Waals surface area contributed by atoms with Gasteiger partial charge in [0.15, 0.2) is 11.5 Å². The number of carbonyl (C=O) groups is 1. The molecule has 0 saturated carbocycles. The first-order valence-electron chi connectivity index (χ1n) is 9.34. The molecule has 1 amide bonds. The van der Waals surface area contributed by atoms with Crippen LogP contribution >= 0.6 is 0 Å². The Kier molecular flexibility index (Phi) is 6.25. The number of benzene rings is 1. The van der Waals surface area contributed by atoms with Gasteiger partial charge in [-0.1, -0.05) is 18.2 Å². The summed E-state index contributed by atoms with van der Waals surface area (Å²) in [5, 5.41) is 3.42. The average Bonchev–Trinajstić information content (AvgIpc) is 2.71. The molecular weight excluding hydrogens is 411 g/mol. The lowest BCUT2D eigenvalue weighted by Crippen LogP contribution is -2.25. The van der Waals surface area contributed by atoms with E-state index in [4.69, 9.17) is 5.84 Å². The minimum atomic E-state index is -2.93. The van der Waals surface area contributed by atoms with Crippen LogP contribution in [0.1, 0.15) is 46.7 Å². The fourth-order valence-electron chi connectivity index (χ4n) is 3.14. The van der Waals surface area contributed by atoms with Gasteiger partial charge in [0, 0.05) is 19.7 Å². The number of nitrogen functional groups attached to an aromatic ring is 1. The van der Waals surface area contributed by atoms with Crippen LogP contribution in [0.3, 0.4) is 0 Å². The van der Waals surface area contributed by atoms with Gasteiger partial charge in [-0.25, -0.2) is 34.0 Å². The Balaban J connectivity index is 2.11. The van der Waals surface area contributed by atoms with Crippen LogP contribution in [0.4, 0.5) is 24.8 Å². The van der Waals surface area contributed by atoms with Crippen LogP contribution in [-0.2, 0) is 0 Å². The minimum absolute atomic E-state index is 0.0556. The van der Waals surface area contributed by atoms with Crippen LogP contribution in [0.15, 0.2) is 24.3 Å². The summed E-state index contributed by atoms with van der Waals surface area (Å²) in [6, 6.07) is 4.66. The number of hydrogen-bond donors (Lipinski definition) is 3. The maximum absolute atomic E-state index is 14.6. The van der Waals surface area contributed by atoms with Gasteiger partial charge in [-0.15, -0.1) is 0 Å². The summed E-state index contributed by atoms with van der Waals surface area (Å²) in [6.07, 6.45) is -2.93. The third kappa shape index (κ3) is 4.36. The number of halogens is 3. The molecule has 1 atom stereocenters. The summed E-state index contributed by atoms with van der Waals surface area (Å²) in [5.41, 5.74) is 2.22. The number of alkyl halides is 2. The van der Waals surface area contributed by atoms with Gasteiger partial charge in [0.2, 0.25) is 0 Å². The van der Waals surface area contributed by atoms with Crippen molar-refractivity contribution in [2.75, 3.05) is 24.8 Å². The van der Waals surface area contributed by atoms with E-state index in [0.717, 1.165) is 6.07 Å². The number of rotatable bonds is 6. The molecule has 0 saturated heterocycles. The van der Waals surface area contributed by atoms with Gasteiger partial charge in [-0.2, -0.15) is 0 Å². The molecule has 3 aromatic rings. The SMILES string of the molecule is Cc1nc(N[C@H](C)c2cccc(C(F)F)c2F)c2cc(C(=O)N(C)C)c(NN)nc2n1. The van der Waals surface area contributed by atoms with E-state index in [0.29, 0.717) is 11.2 Å². The van der Waals surface area contributed by atoms with E-state index in [1.165, 1.54) is 23.1 Å². The number of pyridine rings is 1. The second kappa shape index (κ2) is 8.72. The largest absolute Gasteiger partial charge is 0.363 e. The molecule has 0 bridgehead atoms. The van der Waals surface area contributed by atoms with E-state index in [1.54, 1.807) is 27.9 Å². The fraction of sp³-hybridized carbons (Fsp3) is 0.300. The number of carbonyl (C=O) groups excluding carboxylic acids is 1. The molecule has 0 fully saturated rings. The van der Waals surface area contributed by atoms with Gasteiger partial charge < -0.3 is 15.6 Å². The number of hydrogen-bond acceptors (Lipinski definition) is 7. The lowest BCUT2D eigenvalue weighted by Gasteiger charge is -2.19. The Bertz CT molecular complexity index is 1140. The molecule has 3 rings (SSSR count). The van der Waals surface area contributed by atoms with E-state index < -0.39 is 23.8 Å². The zero-order chi connectivity index (χ0) is 22.9. The molecule has 2 heterocycles. The summed E-state index contributed by atoms with van der Waals surface area (Å²) in [7, 11) is 3.16. The zero-order valence-electron chi connectivity index (χ0n) is 17.4. The van der Waals surface area contributed by atoms with Gasteiger partial charge in [0.1, 0.15) is 17.5 Å². The molecule has 0 aliphatic carbocycles. The van der Waals surface area contributed by atoms with Crippen LogP contribution in [-0.4, -0.2) is 39.9 Å². The Morgan fingerprint density at radius 2 is 1.81 bits per heavy atom. The normalized spacial score (nSPS) is 12.2. The Morgan fingerprint density at radius 3 is 2.42 bits per heavy atom. The van der Waals surface area contributed by atoms with Gasteiger partial charge >= 0.3 is 0 Å². The fourth-order valence-corrected chi connectivity index (χ4v) is 3.14.